The lowest BCUT2D eigenvalue weighted by Gasteiger charge is -2.09. The molecule has 0 saturated carbocycles. The molecule has 0 radical (unpaired) electrons. The first kappa shape index (κ1) is 15.9. The van der Waals surface area contributed by atoms with Crippen molar-refractivity contribution in [1.29, 1.82) is 0 Å². The third-order valence-electron chi connectivity index (χ3n) is 3.67. The first-order valence-corrected chi connectivity index (χ1v) is 7.69. The number of nitro benzene ring substituents is 1. The van der Waals surface area contributed by atoms with Gasteiger partial charge in [-0.2, -0.15) is 0 Å². The van der Waals surface area contributed by atoms with E-state index in [2.05, 4.69) is 5.32 Å². The Kier molecular flexibility index (Phi) is 4.13. The number of likely N-dealkylation sites (N-methyl/N-ethyl adjacent to an activating group) is 1. The quantitative estimate of drug-likeness (QED) is 0.400. The summed E-state index contributed by atoms with van der Waals surface area (Å²) in [5, 5.41) is 14.2. The van der Waals surface area contributed by atoms with Crippen LogP contribution in [-0.4, -0.2) is 32.0 Å². The normalized spacial score (nSPS) is 15.9. The molecule has 0 aliphatic carbocycles. The van der Waals surface area contributed by atoms with Crippen molar-refractivity contribution in [2.75, 3.05) is 6.54 Å². The van der Waals surface area contributed by atoms with Crippen molar-refractivity contribution in [1.82, 2.24) is 14.8 Å². The molecule has 1 N–H and O–H groups in total. The van der Waals surface area contributed by atoms with Crippen molar-refractivity contribution in [2.24, 2.45) is 0 Å². The van der Waals surface area contributed by atoms with E-state index >= 15 is 0 Å². The first-order chi connectivity index (χ1) is 11.5. The summed E-state index contributed by atoms with van der Waals surface area (Å²) in [5.74, 6) is -0.186. The van der Waals surface area contributed by atoms with Crippen LogP contribution < -0.4 is 5.32 Å². The van der Waals surface area contributed by atoms with Crippen molar-refractivity contribution in [2.45, 2.75) is 6.92 Å². The Labute approximate surface area is 143 Å². The molecule has 1 aromatic heterocycles. The van der Waals surface area contributed by atoms with E-state index < -0.39 is 4.92 Å². The molecule has 0 spiro atoms. The molecule has 1 saturated heterocycles. The van der Waals surface area contributed by atoms with Crippen LogP contribution in [-0.2, 0) is 4.79 Å². The predicted molar refractivity (Wildman–Crippen MR) is 93.5 cm³/mol. The van der Waals surface area contributed by atoms with E-state index in [0.717, 1.165) is 0 Å². The summed E-state index contributed by atoms with van der Waals surface area (Å²) >= 11 is 5.13. The Morgan fingerprint density at radius 3 is 2.79 bits per heavy atom. The average molecular weight is 342 g/mol. The van der Waals surface area contributed by atoms with Gasteiger partial charge in [-0.1, -0.05) is 6.07 Å². The molecule has 122 valence electrons. The SMILES string of the molecule is CCN1C(=O)/C(=C/c2cccn2-c2cccc([N+](=O)[O-])c2)NC1=S. The monoisotopic (exact) mass is 342 g/mol. The third-order valence-corrected chi connectivity index (χ3v) is 3.99. The van der Waals surface area contributed by atoms with Crippen LogP contribution in [0.5, 0.6) is 0 Å². The molecule has 24 heavy (non-hydrogen) atoms. The fraction of sp³-hybridized carbons (Fsp3) is 0.125. The number of nitro groups is 1. The molecule has 2 aromatic rings. The van der Waals surface area contributed by atoms with Crippen LogP contribution in [0.1, 0.15) is 12.6 Å². The van der Waals surface area contributed by atoms with Gasteiger partial charge < -0.3 is 9.88 Å². The van der Waals surface area contributed by atoms with E-state index in [1.807, 2.05) is 13.0 Å². The number of benzene rings is 1. The largest absolute Gasteiger partial charge is 0.328 e. The molecule has 2 heterocycles. The number of aromatic nitrogens is 1. The van der Waals surface area contributed by atoms with Gasteiger partial charge in [-0.05, 0) is 43.4 Å². The van der Waals surface area contributed by atoms with E-state index in [1.54, 1.807) is 35.0 Å². The summed E-state index contributed by atoms with van der Waals surface area (Å²) in [6, 6.07) is 9.93. The topological polar surface area (TPSA) is 80.4 Å². The maximum absolute atomic E-state index is 12.3. The number of nitrogens with zero attached hydrogens (tertiary/aromatic N) is 3. The number of thiocarbonyl (C=S) groups is 1. The van der Waals surface area contributed by atoms with Crippen LogP contribution in [0.3, 0.4) is 0 Å². The first-order valence-electron chi connectivity index (χ1n) is 7.28. The minimum atomic E-state index is -0.440. The van der Waals surface area contributed by atoms with Crippen LogP contribution in [0.2, 0.25) is 0 Å². The molecule has 1 aromatic carbocycles. The molecule has 7 nitrogen and oxygen atoms in total. The minimum Gasteiger partial charge on any atom is -0.328 e. The lowest BCUT2D eigenvalue weighted by molar-refractivity contribution is -0.384. The smallest absolute Gasteiger partial charge is 0.276 e. The van der Waals surface area contributed by atoms with Crippen molar-refractivity contribution in [3.63, 3.8) is 0 Å². The second-order valence-corrected chi connectivity index (χ2v) is 5.50. The fourth-order valence-electron chi connectivity index (χ4n) is 2.51. The summed E-state index contributed by atoms with van der Waals surface area (Å²) in [6.45, 7) is 2.34. The third kappa shape index (κ3) is 2.79. The number of hydrogen-bond donors (Lipinski definition) is 1. The molecule has 3 rings (SSSR count). The number of non-ortho nitro benzene ring substituents is 1. The standard InChI is InChI=1S/C16H14N4O3S/c1-2-18-15(21)14(17-16(18)24)10-12-7-4-8-19(12)11-5-3-6-13(9-11)20(22)23/h3-10H,2H2,1H3,(H,17,24)/b14-10-. The zero-order valence-electron chi connectivity index (χ0n) is 12.8. The van der Waals surface area contributed by atoms with Gasteiger partial charge in [-0.3, -0.25) is 19.8 Å². The van der Waals surface area contributed by atoms with Gasteiger partial charge in [0.1, 0.15) is 5.70 Å². The van der Waals surface area contributed by atoms with E-state index in [-0.39, 0.29) is 11.6 Å². The number of rotatable bonds is 4. The highest BCUT2D eigenvalue weighted by molar-refractivity contribution is 7.80. The molecule has 0 unspecified atom stereocenters. The molecule has 1 fully saturated rings. The van der Waals surface area contributed by atoms with Crippen molar-refractivity contribution < 1.29 is 9.72 Å². The number of hydrogen-bond acceptors (Lipinski definition) is 4. The number of amides is 1. The highest BCUT2D eigenvalue weighted by Crippen LogP contribution is 2.21. The molecular formula is C16H14N4O3S. The fourth-order valence-corrected chi connectivity index (χ4v) is 2.83. The number of carbonyl (C=O) groups is 1. The second-order valence-electron chi connectivity index (χ2n) is 5.12. The molecule has 1 aliphatic rings. The van der Waals surface area contributed by atoms with E-state index in [9.17, 15) is 14.9 Å². The minimum absolute atomic E-state index is 0.00760. The predicted octanol–water partition coefficient (Wildman–Crippen LogP) is 2.46. The van der Waals surface area contributed by atoms with Gasteiger partial charge in [0.15, 0.2) is 5.11 Å². The Morgan fingerprint density at radius 2 is 2.12 bits per heavy atom. The van der Waals surface area contributed by atoms with Crippen LogP contribution in [0, 0.1) is 10.1 Å². The van der Waals surface area contributed by atoms with Gasteiger partial charge in [-0.15, -0.1) is 0 Å². The molecular weight excluding hydrogens is 328 g/mol. The van der Waals surface area contributed by atoms with Crippen LogP contribution in [0.4, 0.5) is 5.69 Å². The van der Waals surface area contributed by atoms with E-state index in [1.165, 1.54) is 17.0 Å². The Hall–Kier alpha value is -3.00. The van der Waals surface area contributed by atoms with Crippen molar-refractivity contribution >= 4 is 35.0 Å². The number of carbonyl (C=O) groups excluding carboxylic acids is 1. The molecule has 1 aliphatic heterocycles. The van der Waals surface area contributed by atoms with Gasteiger partial charge in [0.25, 0.3) is 11.6 Å². The highest BCUT2D eigenvalue weighted by atomic mass is 32.1. The maximum Gasteiger partial charge on any atom is 0.276 e. The van der Waals surface area contributed by atoms with E-state index in [0.29, 0.717) is 28.7 Å². The summed E-state index contributed by atoms with van der Waals surface area (Å²) in [5.41, 5.74) is 1.74. The average Bonchev–Trinajstić information content (AvgIpc) is 3.12. The zero-order chi connectivity index (χ0) is 17.3. The highest BCUT2D eigenvalue weighted by Gasteiger charge is 2.29. The van der Waals surface area contributed by atoms with Crippen molar-refractivity contribution in [3.8, 4) is 5.69 Å². The Morgan fingerprint density at radius 1 is 1.33 bits per heavy atom. The van der Waals surface area contributed by atoms with Crippen LogP contribution >= 0.6 is 12.2 Å². The Bertz CT molecular complexity index is 872. The summed E-state index contributed by atoms with van der Waals surface area (Å²) in [4.78, 5) is 24.3. The summed E-state index contributed by atoms with van der Waals surface area (Å²) in [7, 11) is 0. The van der Waals surface area contributed by atoms with Gasteiger partial charge in [0, 0.05) is 30.6 Å². The second kappa shape index (κ2) is 6.25. The van der Waals surface area contributed by atoms with E-state index in [4.69, 9.17) is 12.2 Å². The van der Waals surface area contributed by atoms with Crippen LogP contribution in [0.15, 0.2) is 48.3 Å². The molecule has 8 heteroatoms. The molecule has 1 amide bonds. The molecule has 0 bridgehead atoms. The summed E-state index contributed by atoms with van der Waals surface area (Å²) in [6.07, 6.45) is 3.46. The summed E-state index contributed by atoms with van der Waals surface area (Å²) < 4.78 is 1.77. The maximum atomic E-state index is 12.3. The lowest BCUT2D eigenvalue weighted by atomic mass is 10.2. The molecule has 0 atom stereocenters. The Balaban J connectivity index is 1.99. The van der Waals surface area contributed by atoms with Gasteiger partial charge >= 0.3 is 0 Å². The zero-order valence-corrected chi connectivity index (χ0v) is 13.6. The van der Waals surface area contributed by atoms with Gasteiger partial charge in [-0.25, -0.2) is 0 Å². The van der Waals surface area contributed by atoms with Gasteiger partial charge in [0.2, 0.25) is 0 Å². The van der Waals surface area contributed by atoms with Crippen LogP contribution in [0.25, 0.3) is 11.8 Å². The lowest BCUT2D eigenvalue weighted by Crippen LogP contribution is -2.30. The van der Waals surface area contributed by atoms with Crippen molar-refractivity contribution in [3.05, 3.63) is 64.1 Å². The van der Waals surface area contributed by atoms with Gasteiger partial charge in [0.05, 0.1) is 10.6 Å². The number of nitrogens with one attached hydrogen (secondary N) is 1.